The molecule has 0 aliphatic heterocycles. The molecule has 0 aliphatic carbocycles. The van der Waals surface area contributed by atoms with Crippen LogP contribution in [-0.2, 0) is 0 Å². The van der Waals surface area contributed by atoms with Gasteiger partial charge in [-0.05, 0) is 36.6 Å². The highest BCUT2D eigenvalue weighted by Crippen LogP contribution is 2.07. The summed E-state index contributed by atoms with van der Waals surface area (Å²) in [5.41, 5.74) is 0.983. The van der Waals surface area contributed by atoms with Gasteiger partial charge in [-0.1, -0.05) is 6.92 Å². The number of aryl methyl sites for hydroxylation is 1. The monoisotopic (exact) mass is 194 g/mol. The summed E-state index contributed by atoms with van der Waals surface area (Å²) in [5, 5.41) is 2.09. The first kappa shape index (κ1) is 10.3. The molecule has 0 unspecified atom stereocenters. The smallest absolute Gasteiger partial charge is 0.125 e. The molecule has 1 aromatic heterocycles. The van der Waals surface area contributed by atoms with Crippen molar-refractivity contribution < 1.29 is 0 Å². The van der Waals surface area contributed by atoms with E-state index in [0.29, 0.717) is 0 Å². The summed E-state index contributed by atoms with van der Waals surface area (Å²) >= 11 is 1.81. The maximum absolute atomic E-state index is 4.26. The number of nitrogens with zero attached hydrogens (tertiary/aromatic N) is 2. The quantitative estimate of drug-likeness (QED) is 0.689. The molecule has 0 saturated carbocycles. The summed E-state index contributed by atoms with van der Waals surface area (Å²) in [5.74, 6) is 1.99. The molecule has 0 N–H and O–H groups in total. The molecule has 0 spiro atoms. The van der Waals surface area contributed by atoms with Crippen molar-refractivity contribution >= 4 is 17.8 Å². The first-order valence-corrected chi connectivity index (χ1v) is 5.45. The highest BCUT2D eigenvalue weighted by atomic mass is 32.2. The van der Waals surface area contributed by atoms with Crippen molar-refractivity contribution in [3.63, 3.8) is 0 Å². The normalized spacial score (nSPS) is 10.9. The highest BCUT2D eigenvalue weighted by Gasteiger charge is 1.88. The van der Waals surface area contributed by atoms with E-state index in [-0.39, 0.29) is 0 Å². The zero-order chi connectivity index (χ0) is 9.52. The van der Waals surface area contributed by atoms with Crippen molar-refractivity contribution in [2.45, 2.75) is 20.3 Å². The predicted octanol–water partition coefficient (Wildman–Crippen LogP) is 2.90. The molecule has 13 heavy (non-hydrogen) atoms. The average molecular weight is 194 g/mol. The van der Waals surface area contributed by atoms with Gasteiger partial charge in [-0.3, -0.25) is 0 Å². The summed E-state index contributed by atoms with van der Waals surface area (Å²) in [7, 11) is 0. The first-order valence-electron chi connectivity index (χ1n) is 4.40. The third-order valence-corrected chi connectivity index (χ3v) is 2.43. The molecule has 0 atom stereocenters. The molecule has 1 heterocycles. The molecule has 2 nitrogen and oxygen atoms in total. The Labute approximate surface area is 83.5 Å². The molecule has 0 amide bonds. The molecule has 1 rings (SSSR count). The maximum atomic E-state index is 4.26. The van der Waals surface area contributed by atoms with Crippen LogP contribution in [0.25, 0.3) is 6.08 Å². The Bertz CT molecular complexity index is 284. The lowest BCUT2D eigenvalue weighted by Crippen LogP contribution is -1.87. The van der Waals surface area contributed by atoms with E-state index in [0.717, 1.165) is 11.5 Å². The lowest BCUT2D eigenvalue weighted by Gasteiger charge is -1.93. The van der Waals surface area contributed by atoms with Crippen molar-refractivity contribution in [3.05, 3.63) is 29.2 Å². The summed E-state index contributed by atoms with van der Waals surface area (Å²) in [4.78, 5) is 8.29. The first-order chi connectivity index (χ1) is 6.33. The largest absolute Gasteiger partial charge is 0.242 e. The van der Waals surface area contributed by atoms with Gasteiger partial charge in [0.05, 0.1) is 5.69 Å². The van der Waals surface area contributed by atoms with E-state index in [1.54, 1.807) is 6.20 Å². The number of aromatic nitrogens is 2. The Balaban J connectivity index is 2.48. The van der Waals surface area contributed by atoms with Gasteiger partial charge in [-0.25, -0.2) is 9.97 Å². The van der Waals surface area contributed by atoms with Crippen LogP contribution in [0.15, 0.2) is 17.7 Å². The Morgan fingerprint density at radius 1 is 1.54 bits per heavy atom. The maximum Gasteiger partial charge on any atom is 0.125 e. The van der Waals surface area contributed by atoms with Crippen LogP contribution < -0.4 is 0 Å². The second-order valence-electron chi connectivity index (χ2n) is 2.70. The summed E-state index contributed by atoms with van der Waals surface area (Å²) in [6.45, 7) is 4.08. The molecule has 3 heteroatoms. The number of thioether (sulfide) groups is 1. The van der Waals surface area contributed by atoms with Gasteiger partial charge in [0.15, 0.2) is 0 Å². The number of hydrogen-bond acceptors (Lipinski definition) is 3. The van der Waals surface area contributed by atoms with E-state index in [1.165, 1.54) is 12.2 Å². The second-order valence-corrected chi connectivity index (χ2v) is 3.72. The SMILES string of the molecule is CCCS/C=C/c1ccnc(C)n1. The minimum Gasteiger partial charge on any atom is -0.242 e. The Morgan fingerprint density at radius 2 is 2.38 bits per heavy atom. The fraction of sp³-hybridized carbons (Fsp3) is 0.400. The van der Waals surface area contributed by atoms with Crippen LogP contribution in [0.5, 0.6) is 0 Å². The Kier molecular flexibility index (Phi) is 4.54. The van der Waals surface area contributed by atoms with Crippen molar-refractivity contribution in [1.82, 2.24) is 9.97 Å². The van der Waals surface area contributed by atoms with Crippen LogP contribution in [0.4, 0.5) is 0 Å². The second kappa shape index (κ2) is 5.75. The molecular weight excluding hydrogens is 180 g/mol. The lowest BCUT2D eigenvalue weighted by molar-refractivity contribution is 1.04. The molecule has 70 valence electrons. The van der Waals surface area contributed by atoms with E-state index in [1.807, 2.05) is 30.8 Å². The average Bonchev–Trinajstić information content (AvgIpc) is 2.13. The molecule has 0 fully saturated rings. The van der Waals surface area contributed by atoms with E-state index >= 15 is 0 Å². The van der Waals surface area contributed by atoms with Crippen LogP contribution >= 0.6 is 11.8 Å². The van der Waals surface area contributed by atoms with Gasteiger partial charge >= 0.3 is 0 Å². The van der Waals surface area contributed by atoms with Crippen LogP contribution in [0.3, 0.4) is 0 Å². The standard InChI is InChI=1S/C10H14N2S/c1-3-7-13-8-5-10-4-6-11-9(2)12-10/h4-6,8H,3,7H2,1-2H3/b8-5+. The van der Waals surface area contributed by atoms with Crippen LogP contribution in [0.1, 0.15) is 24.9 Å². The zero-order valence-electron chi connectivity index (χ0n) is 8.03. The van der Waals surface area contributed by atoms with Crippen molar-refractivity contribution in [1.29, 1.82) is 0 Å². The van der Waals surface area contributed by atoms with Crippen molar-refractivity contribution in [2.75, 3.05) is 5.75 Å². The number of hydrogen-bond donors (Lipinski definition) is 0. The summed E-state index contributed by atoms with van der Waals surface area (Å²) in [6, 6.07) is 1.91. The Morgan fingerprint density at radius 3 is 3.08 bits per heavy atom. The molecule has 0 radical (unpaired) electrons. The van der Waals surface area contributed by atoms with E-state index in [9.17, 15) is 0 Å². The Hall–Kier alpha value is -0.830. The number of rotatable bonds is 4. The third-order valence-electron chi connectivity index (χ3n) is 1.45. The molecular formula is C10H14N2S. The lowest BCUT2D eigenvalue weighted by atomic mass is 10.4. The highest BCUT2D eigenvalue weighted by molar-refractivity contribution is 8.02. The molecule has 1 aromatic rings. The minimum absolute atomic E-state index is 0.822. The van der Waals surface area contributed by atoms with Crippen molar-refractivity contribution in [3.8, 4) is 0 Å². The van der Waals surface area contributed by atoms with E-state index in [2.05, 4.69) is 22.3 Å². The van der Waals surface area contributed by atoms with Crippen molar-refractivity contribution in [2.24, 2.45) is 0 Å². The van der Waals surface area contributed by atoms with Crippen LogP contribution in [0.2, 0.25) is 0 Å². The van der Waals surface area contributed by atoms with Crippen LogP contribution in [-0.4, -0.2) is 15.7 Å². The molecule has 0 aliphatic rings. The molecule has 0 bridgehead atoms. The summed E-state index contributed by atoms with van der Waals surface area (Å²) in [6.07, 6.45) is 5.01. The van der Waals surface area contributed by atoms with Gasteiger partial charge in [0.2, 0.25) is 0 Å². The third kappa shape index (κ3) is 4.08. The van der Waals surface area contributed by atoms with Crippen LogP contribution in [0, 0.1) is 6.92 Å². The fourth-order valence-corrected chi connectivity index (χ4v) is 1.48. The van der Waals surface area contributed by atoms with Gasteiger partial charge < -0.3 is 0 Å². The van der Waals surface area contributed by atoms with Gasteiger partial charge in [0, 0.05) is 6.20 Å². The van der Waals surface area contributed by atoms with Gasteiger partial charge in [0.25, 0.3) is 0 Å². The molecule has 0 saturated heterocycles. The molecule has 0 aromatic carbocycles. The predicted molar refractivity (Wildman–Crippen MR) is 58.6 cm³/mol. The van der Waals surface area contributed by atoms with Gasteiger partial charge in [-0.2, -0.15) is 0 Å². The van der Waals surface area contributed by atoms with E-state index < -0.39 is 0 Å². The minimum atomic E-state index is 0.822. The fourth-order valence-electron chi connectivity index (χ4n) is 0.871. The van der Waals surface area contributed by atoms with Gasteiger partial charge in [-0.15, -0.1) is 11.8 Å². The topological polar surface area (TPSA) is 25.8 Å². The van der Waals surface area contributed by atoms with Gasteiger partial charge in [0.1, 0.15) is 5.82 Å². The summed E-state index contributed by atoms with van der Waals surface area (Å²) < 4.78 is 0. The van der Waals surface area contributed by atoms with E-state index in [4.69, 9.17) is 0 Å². The zero-order valence-corrected chi connectivity index (χ0v) is 8.84.